The van der Waals surface area contributed by atoms with Crippen LogP contribution in [0.2, 0.25) is 0 Å². The molecule has 0 atom stereocenters. The van der Waals surface area contributed by atoms with Gasteiger partial charge in [-0.2, -0.15) is 5.10 Å². The highest BCUT2D eigenvalue weighted by Crippen LogP contribution is 2.27. The second-order valence-electron chi connectivity index (χ2n) is 8.71. The van der Waals surface area contributed by atoms with Gasteiger partial charge in [0, 0.05) is 48.8 Å². The Hall–Kier alpha value is -3.93. The normalized spacial score (nSPS) is 13.6. The quantitative estimate of drug-likeness (QED) is 0.410. The van der Waals surface area contributed by atoms with E-state index < -0.39 is 0 Å². The monoisotopic (exact) mass is 451 g/mol. The van der Waals surface area contributed by atoms with Crippen molar-refractivity contribution < 1.29 is 4.79 Å². The van der Waals surface area contributed by atoms with Gasteiger partial charge in [0.1, 0.15) is 0 Å². The Morgan fingerprint density at radius 1 is 0.941 bits per heavy atom. The van der Waals surface area contributed by atoms with Gasteiger partial charge in [-0.3, -0.25) is 14.9 Å². The van der Waals surface area contributed by atoms with E-state index in [1.165, 1.54) is 24.9 Å². The van der Waals surface area contributed by atoms with Crippen molar-refractivity contribution in [2.75, 3.05) is 24.5 Å². The second kappa shape index (κ2) is 10.3. The maximum Gasteiger partial charge on any atom is 0.251 e. The maximum absolute atomic E-state index is 12.5. The number of carbonyl (C=O) groups is 1. The number of piperidine rings is 1. The maximum atomic E-state index is 12.5. The molecule has 5 rings (SSSR count). The highest BCUT2D eigenvalue weighted by molar-refractivity contribution is 5.94. The average Bonchev–Trinajstić information content (AvgIpc) is 3.40. The van der Waals surface area contributed by atoms with Crippen LogP contribution >= 0.6 is 0 Å². The van der Waals surface area contributed by atoms with E-state index in [-0.39, 0.29) is 5.91 Å². The molecule has 0 unspecified atom stereocenters. The number of hydrogen-bond acceptors (Lipinski definition) is 4. The molecule has 6 heteroatoms. The number of nitrogens with one attached hydrogen (secondary N) is 2. The third kappa shape index (κ3) is 5.17. The van der Waals surface area contributed by atoms with Crippen LogP contribution in [0, 0.1) is 0 Å². The molecule has 1 amide bonds. The largest absolute Gasteiger partial charge is 0.372 e. The molecule has 1 aliphatic heterocycles. The van der Waals surface area contributed by atoms with E-state index in [9.17, 15) is 4.79 Å². The number of rotatable bonds is 7. The molecule has 1 saturated heterocycles. The van der Waals surface area contributed by atoms with Crippen molar-refractivity contribution in [2.45, 2.75) is 25.7 Å². The molecule has 0 spiro atoms. The van der Waals surface area contributed by atoms with Gasteiger partial charge in [0.15, 0.2) is 0 Å². The fourth-order valence-corrected chi connectivity index (χ4v) is 4.38. The molecule has 1 aliphatic rings. The lowest BCUT2D eigenvalue weighted by molar-refractivity contribution is 0.0954. The van der Waals surface area contributed by atoms with E-state index in [4.69, 9.17) is 0 Å². The van der Waals surface area contributed by atoms with Crippen molar-refractivity contribution in [1.82, 2.24) is 20.5 Å². The first-order valence-corrected chi connectivity index (χ1v) is 11.9. The van der Waals surface area contributed by atoms with Crippen molar-refractivity contribution in [3.63, 3.8) is 0 Å². The highest BCUT2D eigenvalue weighted by atomic mass is 16.1. The highest BCUT2D eigenvalue weighted by Gasteiger charge is 2.12. The summed E-state index contributed by atoms with van der Waals surface area (Å²) in [6, 6.07) is 22.2. The minimum absolute atomic E-state index is 0.0745. The Morgan fingerprint density at radius 3 is 2.44 bits per heavy atom. The summed E-state index contributed by atoms with van der Waals surface area (Å²) >= 11 is 0. The molecule has 2 aromatic heterocycles. The second-order valence-corrected chi connectivity index (χ2v) is 8.71. The van der Waals surface area contributed by atoms with Gasteiger partial charge in [0.05, 0.1) is 11.4 Å². The predicted octanol–water partition coefficient (Wildman–Crippen LogP) is 5.10. The molecular weight excluding hydrogens is 422 g/mol. The first-order valence-electron chi connectivity index (χ1n) is 11.9. The van der Waals surface area contributed by atoms with E-state index in [0.29, 0.717) is 12.1 Å². The number of nitrogens with zero attached hydrogens (tertiary/aromatic N) is 3. The molecule has 172 valence electrons. The van der Waals surface area contributed by atoms with Crippen LogP contribution in [0.25, 0.3) is 22.5 Å². The summed E-state index contributed by atoms with van der Waals surface area (Å²) in [4.78, 5) is 19.0. The zero-order chi connectivity index (χ0) is 23.2. The number of amides is 1. The number of benzene rings is 2. The number of H-pyrrole nitrogens is 1. The van der Waals surface area contributed by atoms with Crippen LogP contribution in [0.1, 0.15) is 35.2 Å². The van der Waals surface area contributed by atoms with E-state index in [0.717, 1.165) is 47.6 Å². The molecule has 0 bridgehead atoms. The Morgan fingerprint density at radius 2 is 1.71 bits per heavy atom. The number of aromatic nitrogens is 3. The average molecular weight is 452 g/mol. The van der Waals surface area contributed by atoms with Crippen LogP contribution in [-0.4, -0.2) is 40.7 Å². The third-order valence-electron chi connectivity index (χ3n) is 6.34. The van der Waals surface area contributed by atoms with E-state index in [1.54, 1.807) is 6.20 Å². The lowest BCUT2D eigenvalue weighted by Crippen LogP contribution is -2.29. The zero-order valence-corrected chi connectivity index (χ0v) is 19.2. The van der Waals surface area contributed by atoms with Crippen LogP contribution in [-0.2, 0) is 6.42 Å². The molecule has 0 saturated carbocycles. The van der Waals surface area contributed by atoms with Gasteiger partial charge >= 0.3 is 0 Å². The van der Waals surface area contributed by atoms with E-state index in [1.807, 2.05) is 42.6 Å². The summed E-state index contributed by atoms with van der Waals surface area (Å²) in [6.07, 6.45) is 8.21. The van der Waals surface area contributed by atoms with Crippen molar-refractivity contribution in [3.8, 4) is 22.5 Å². The van der Waals surface area contributed by atoms with Crippen LogP contribution in [0.5, 0.6) is 0 Å². The lowest BCUT2D eigenvalue weighted by atomic mass is 10.1. The summed E-state index contributed by atoms with van der Waals surface area (Å²) in [5.74, 6) is -0.0745. The Balaban J connectivity index is 1.20. The van der Waals surface area contributed by atoms with E-state index >= 15 is 0 Å². The summed E-state index contributed by atoms with van der Waals surface area (Å²) in [6.45, 7) is 2.86. The molecule has 4 aromatic rings. The fourth-order valence-electron chi connectivity index (χ4n) is 4.38. The Bertz CT molecular complexity index is 1210. The van der Waals surface area contributed by atoms with Gasteiger partial charge < -0.3 is 10.2 Å². The van der Waals surface area contributed by atoms with E-state index in [2.05, 4.69) is 55.7 Å². The molecule has 0 radical (unpaired) electrons. The zero-order valence-electron chi connectivity index (χ0n) is 19.2. The minimum atomic E-state index is -0.0745. The first kappa shape index (κ1) is 21.9. The van der Waals surface area contributed by atoms with Gasteiger partial charge in [0.2, 0.25) is 0 Å². The summed E-state index contributed by atoms with van der Waals surface area (Å²) in [5, 5.41) is 10.6. The Kier molecular flexibility index (Phi) is 6.66. The predicted molar refractivity (Wildman–Crippen MR) is 136 cm³/mol. The first-order chi connectivity index (χ1) is 16.8. The summed E-state index contributed by atoms with van der Waals surface area (Å²) < 4.78 is 0. The van der Waals surface area contributed by atoms with Gasteiger partial charge in [-0.05, 0) is 73.2 Å². The van der Waals surface area contributed by atoms with Gasteiger partial charge in [-0.25, -0.2) is 0 Å². The number of pyridine rings is 1. The van der Waals surface area contributed by atoms with Crippen LogP contribution in [0.3, 0.4) is 0 Å². The molecular formula is C28H29N5O. The number of hydrogen-bond donors (Lipinski definition) is 2. The van der Waals surface area contributed by atoms with Crippen LogP contribution in [0.4, 0.5) is 5.69 Å². The van der Waals surface area contributed by atoms with Gasteiger partial charge in [-0.1, -0.05) is 30.3 Å². The number of anilines is 1. The summed E-state index contributed by atoms with van der Waals surface area (Å²) in [7, 11) is 0. The Labute approximate surface area is 200 Å². The van der Waals surface area contributed by atoms with Crippen molar-refractivity contribution in [3.05, 3.63) is 90.3 Å². The molecule has 0 aliphatic carbocycles. The molecule has 6 nitrogen and oxygen atoms in total. The number of aromatic amines is 1. The minimum Gasteiger partial charge on any atom is -0.372 e. The molecule has 34 heavy (non-hydrogen) atoms. The number of carbonyl (C=O) groups excluding carboxylic acids is 1. The van der Waals surface area contributed by atoms with Crippen molar-refractivity contribution in [2.24, 2.45) is 0 Å². The molecule has 2 aromatic carbocycles. The fraction of sp³-hybridized carbons (Fsp3) is 0.250. The standard InChI is InChI=1S/C28H29N5O/c34-28(30-16-14-21-5-4-15-29-20-21)24-8-6-22(7-9-24)26-19-27(32-31-26)23-10-12-25(13-11-23)33-17-2-1-3-18-33/h4-13,15,19-20H,1-3,14,16-18H2,(H,30,34)(H,31,32). The van der Waals surface area contributed by atoms with Crippen molar-refractivity contribution >= 4 is 11.6 Å². The topological polar surface area (TPSA) is 73.9 Å². The molecule has 2 N–H and O–H groups in total. The third-order valence-corrected chi connectivity index (χ3v) is 6.34. The van der Waals surface area contributed by atoms with Crippen LogP contribution in [0.15, 0.2) is 79.1 Å². The van der Waals surface area contributed by atoms with Crippen molar-refractivity contribution in [1.29, 1.82) is 0 Å². The van der Waals surface area contributed by atoms with Crippen LogP contribution < -0.4 is 10.2 Å². The van der Waals surface area contributed by atoms with Gasteiger partial charge in [-0.15, -0.1) is 0 Å². The molecule has 3 heterocycles. The van der Waals surface area contributed by atoms with Gasteiger partial charge in [0.25, 0.3) is 5.91 Å². The SMILES string of the molecule is O=C(NCCc1cccnc1)c1ccc(-c2cc(-c3ccc(N4CCCCC4)cc3)n[nH]2)cc1. The smallest absolute Gasteiger partial charge is 0.251 e. The summed E-state index contributed by atoms with van der Waals surface area (Å²) in [5.41, 5.74) is 6.96. The lowest BCUT2D eigenvalue weighted by Gasteiger charge is -2.28. The molecule has 1 fully saturated rings.